The average molecular weight is 278 g/mol. The molecule has 6 heteroatoms. The Morgan fingerprint density at radius 3 is 2.35 bits per heavy atom. The van der Waals surface area contributed by atoms with Crippen LogP contribution in [0.1, 0.15) is 32.3 Å². The molecular weight excluding hydrogens is 256 g/mol. The molecule has 0 saturated carbocycles. The lowest BCUT2D eigenvalue weighted by molar-refractivity contribution is -0.126. The summed E-state index contributed by atoms with van der Waals surface area (Å²) in [6, 6.07) is 6.45. The minimum atomic E-state index is -0.845. The largest absolute Gasteiger partial charge is 0.351 e. The first-order valence-electron chi connectivity index (χ1n) is 6.57. The molecule has 3 amide bonds. The van der Waals surface area contributed by atoms with Gasteiger partial charge >= 0.3 is 6.03 Å². The summed E-state index contributed by atoms with van der Waals surface area (Å²) in [5.41, 5.74) is 11.6. The van der Waals surface area contributed by atoms with Crippen LogP contribution in [0.25, 0.3) is 0 Å². The highest BCUT2D eigenvalue weighted by Gasteiger charge is 2.26. The second-order valence-corrected chi connectivity index (χ2v) is 5.04. The van der Waals surface area contributed by atoms with E-state index in [0.717, 1.165) is 12.0 Å². The molecule has 0 bridgehead atoms. The van der Waals surface area contributed by atoms with Gasteiger partial charge in [-0.05, 0) is 31.0 Å². The predicted molar refractivity (Wildman–Crippen MR) is 79.0 cm³/mol. The zero-order valence-electron chi connectivity index (χ0n) is 11.9. The highest BCUT2D eigenvalue weighted by Crippen LogP contribution is 2.11. The van der Waals surface area contributed by atoms with Crippen LogP contribution in [-0.4, -0.2) is 17.5 Å². The van der Waals surface area contributed by atoms with Crippen molar-refractivity contribution in [3.63, 3.8) is 0 Å². The zero-order chi connectivity index (χ0) is 15.2. The van der Waals surface area contributed by atoms with E-state index in [4.69, 9.17) is 11.5 Å². The minimum Gasteiger partial charge on any atom is -0.351 e. The number of carbonyl (C=O) groups is 2. The van der Waals surface area contributed by atoms with Crippen LogP contribution in [0.5, 0.6) is 0 Å². The molecule has 0 aromatic heterocycles. The smallest absolute Gasteiger partial charge is 0.316 e. The van der Waals surface area contributed by atoms with Gasteiger partial charge in [0.15, 0.2) is 0 Å². The van der Waals surface area contributed by atoms with Crippen molar-refractivity contribution in [2.75, 3.05) is 5.32 Å². The van der Waals surface area contributed by atoms with Gasteiger partial charge in [0, 0.05) is 12.2 Å². The first kappa shape index (κ1) is 16.0. The Morgan fingerprint density at radius 1 is 1.25 bits per heavy atom. The van der Waals surface area contributed by atoms with Gasteiger partial charge in [0.2, 0.25) is 5.91 Å². The van der Waals surface area contributed by atoms with Crippen molar-refractivity contribution >= 4 is 17.6 Å². The molecule has 0 radical (unpaired) electrons. The SMILES string of the molecule is CCCC(C)(N)C(=O)NCc1ccc(NC(N)=O)cc1. The second-order valence-electron chi connectivity index (χ2n) is 5.04. The fraction of sp³-hybridized carbons (Fsp3) is 0.429. The summed E-state index contributed by atoms with van der Waals surface area (Å²) in [4.78, 5) is 22.6. The molecule has 1 unspecified atom stereocenters. The lowest BCUT2D eigenvalue weighted by Gasteiger charge is -2.22. The van der Waals surface area contributed by atoms with Crippen molar-refractivity contribution in [3.05, 3.63) is 29.8 Å². The van der Waals surface area contributed by atoms with Crippen molar-refractivity contribution in [1.82, 2.24) is 5.32 Å². The maximum Gasteiger partial charge on any atom is 0.316 e. The van der Waals surface area contributed by atoms with Gasteiger partial charge in [-0.3, -0.25) is 4.79 Å². The number of benzene rings is 1. The molecule has 110 valence electrons. The standard InChI is InChI=1S/C14H22N4O2/c1-3-8-14(2,16)12(19)17-9-10-4-6-11(7-5-10)18-13(15)20/h4-7H,3,8-9,16H2,1-2H3,(H,17,19)(H3,15,18,20). The molecule has 0 fully saturated rings. The highest BCUT2D eigenvalue weighted by molar-refractivity contribution is 5.87. The monoisotopic (exact) mass is 278 g/mol. The van der Waals surface area contributed by atoms with E-state index < -0.39 is 11.6 Å². The predicted octanol–water partition coefficient (Wildman–Crippen LogP) is 1.31. The topological polar surface area (TPSA) is 110 Å². The van der Waals surface area contributed by atoms with E-state index >= 15 is 0 Å². The molecular formula is C14H22N4O2. The van der Waals surface area contributed by atoms with Gasteiger partial charge in [-0.25, -0.2) is 4.79 Å². The summed E-state index contributed by atoms with van der Waals surface area (Å²) in [6.45, 7) is 4.11. The normalized spacial score (nSPS) is 13.3. The summed E-state index contributed by atoms with van der Waals surface area (Å²) in [5.74, 6) is -0.168. The number of primary amides is 1. The van der Waals surface area contributed by atoms with Crippen LogP contribution in [0.3, 0.4) is 0 Å². The molecule has 0 aliphatic rings. The minimum absolute atomic E-state index is 0.168. The van der Waals surface area contributed by atoms with Crippen molar-refractivity contribution in [2.24, 2.45) is 11.5 Å². The number of rotatable bonds is 6. The Hall–Kier alpha value is -2.08. The molecule has 1 aromatic rings. The van der Waals surface area contributed by atoms with Gasteiger partial charge in [-0.1, -0.05) is 25.5 Å². The molecule has 6 nitrogen and oxygen atoms in total. The number of hydrogen-bond donors (Lipinski definition) is 4. The molecule has 0 aliphatic heterocycles. The number of nitrogens with two attached hydrogens (primary N) is 2. The van der Waals surface area contributed by atoms with E-state index in [1.54, 1.807) is 31.2 Å². The third-order valence-electron chi connectivity index (χ3n) is 2.96. The van der Waals surface area contributed by atoms with E-state index in [-0.39, 0.29) is 5.91 Å². The zero-order valence-corrected chi connectivity index (χ0v) is 11.9. The van der Waals surface area contributed by atoms with Crippen LogP contribution in [0.4, 0.5) is 10.5 Å². The number of nitrogens with one attached hydrogen (secondary N) is 2. The van der Waals surface area contributed by atoms with Gasteiger partial charge in [0.05, 0.1) is 5.54 Å². The molecule has 1 aromatic carbocycles. The molecule has 0 aliphatic carbocycles. The number of carbonyl (C=O) groups excluding carboxylic acids is 2. The molecule has 1 rings (SSSR count). The lowest BCUT2D eigenvalue weighted by Crippen LogP contribution is -2.51. The van der Waals surface area contributed by atoms with E-state index in [0.29, 0.717) is 18.7 Å². The van der Waals surface area contributed by atoms with Crippen LogP contribution < -0.4 is 22.1 Å². The fourth-order valence-corrected chi connectivity index (χ4v) is 1.87. The highest BCUT2D eigenvalue weighted by atomic mass is 16.2. The maximum atomic E-state index is 11.9. The molecule has 0 heterocycles. The van der Waals surface area contributed by atoms with Crippen LogP contribution in [-0.2, 0) is 11.3 Å². The molecule has 20 heavy (non-hydrogen) atoms. The molecule has 0 spiro atoms. The Kier molecular flexibility index (Phi) is 5.52. The lowest BCUT2D eigenvalue weighted by atomic mass is 9.96. The summed E-state index contributed by atoms with van der Waals surface area (Å²) in [6.07, 6.45) is 1.49. The van der Waals surface area contributed by atoms with Crippen molar-refractivity contribution in [3.8, 4) is 0 Å². The van der Waals surface area contributed by atoms with Crippen LogP contribution in [0, 0.1) is 0 Å². The first-order valence-corrected chi connectivity index (χ1v) is 6.57. The van der Waals surface area contributed by atoms with Gasteiger partial charge in [-0.15, -0.1) is 0 Å². The van der Waals surface area contributed by atoms with Crippen molar-refractivity contribution < 1.29 is 9.59 Å². The van der Waals surface area contributed by atoms with Crippen LogP contribution in [0.15, 0.2) is 24.3 Å². The molecule has 0 saturated heterocycles. The Bertz CT molecular complexity index is 469. The van der Waals surface area contributed by atoms with Crippen molar-refractivity contribution in [1.29, 1.82) is 0 Å². The summed E-state index contributed by atoms with van der Waals surface area (Å²) in [7, 11) is 0. The van der Waals surface area contributed by atoms with Gasteiger partial charge in [0.25, 0.3) is 0 Å². The third kappa shape index (κ3) is 4.89. The quantitative estimate of drug-likeness (QED) is 0.629. The number of hydrogen-bond acceptors (Lipinski definition) is 3. The van der Waals surface area contributed by atoms with Gasteiger partial charge in [-0.2, -0.15) is 0 Å². The number of urea groups is 1. The maximum absolute atomic E-state index is 11.9. The summed E-state index contributed by atoms with van der Waals surface area (Å²) in [5, 5.41) is 5.28. The average Bonchev–Trinajstić information content (AvgIpc) is 2.36. The van der Waals surface area contributed by atoms with Crippen LogP contribution >= 0.6 is 0 Å². The molecule has 1 atom stereocenters. The second kappa shape index (κ2) is 6.91. The fourth-order valence-electron chi connectivity index (χ4n) is 1.87. The van der Waals surface area contributed by atoms with Gasteiger partial charge in [0.1, 0.15) is 0 Å². The van der Waals surface area contributed by atoms with E-state index in [1.165, 1.54) is 0 Å². The van der Waals surface area contributed by atoms with Crippen molar-refractivity contribution in [2.45, 2.75) is 38.8 Å². The van der Waals surface area contributed by atoms with Crippen LogP contribution in [0.2, 0.25) is 0 Å². The van der Waals surface area contributed by atoms with E-state index in [2.05, 4.69) is 10.6 Å². The Labute approximate surface area is 118 Å². The number of amides is 3. The summed E-state index contributed by atoms with van der Waals surface area (Å²) < 4.78 is 0. The Morgan fingerprint density at radius 2 is 1.85 bits per heavy atom. The first-order chi connectivity index (χ1) is 9.35. The van der Waals surface area contributed by atoms with E-state index in [1.807, 2.05) is 6.92 Å². The number of anilines is 1. The third-order valence-corrected chi connectivity index (χ3v) is 2.96. The van der Waals surface area contributed by atoms with E-state index in [9.17, 15) is 9.59 Å². The van der Waals surface area contributed by atoms with Gasteiger partial charge < -0.3 is 22.1 Å². The summed E-state index contributed by atoms with van der Waals surface area (Å²) >= 11 is 0. The Balaban J connectivity index is 2.53. The molecule has 6 N–H and O–H groups in total.